The van der Waals surface area contributed by atoms with E-state index < -0.39 is 6.04 Å². The topological polar surface area (TPSA) is 58.6 Å². The van der Waals surface area contributed by atoms with Crippen molar-refractivity contribution in [2.75, 3.05) is 13.2 Å². The molecule has 0 saturated heterocycles. The number of hydrogen-bond acceptors (Lipinski definition) is 3. The average molecular weight is 515 g/mol. The van der Waals surface area contributed by atoms with Crippen LogP contribution in [0.4, 0.5) is 0 Å². The molecule has 7 heteroatoms. The number of halogens is 2. The molecule has 0 aliphatic rings. The number of benzene rings is 2. The first-order valence-corrected chi connectivity index (χ1v) is 10.6. The number of carbonyl (C=O) groups excluding carboxylic acids is 2. The van der Waals surface area contributed by atoms with E-state index >= 15 is 0 Å². The summed E-state index contributed by atoms with van der Waals surface area (Å²) >= 11 is 8.48. The normalized spacial score (nSPS) is 11.6. The molecule has 0 spiro atoms. The largest absolute Gasteiger partial charge is 0.484 e. The zero-order chi connectivity index (χ0) is 20.5. The molecule has 5 nitrogen and oxygen atoms in total. The molecule has 1 atom stereocenters. The minimum absolute atomic E-state index is 0.152. The molecule has 0 bridgehead atoms. The summed E-state index contributed by atoms with van der Waals surface area (Å²) in [4.78, 5) is 27.1. The minimum Gasteiger partial charge on any atom is -0.484 e. The summed E-state index contributed by atoms with van der Waals surface area (Å²) in [6, 6.07) is 14.2. The van der Waals surface area contributed by atoms with Gasteiger partial charge >= 0.3 is 0 Å². The van der Waals surface area contributed by atoms with E-state index in [4.69, 9.17) is 16.3 Å². The zero-order valence-corrected chi connectivity index (χ0v) is 18.9. The maximum atomic E-state index is 13.0. The van der Waals surface area contributed by atoms with Gasteiger partial charge in [0.1, 0.15) is 11.8 Å². The Balaban J connectivity index is 2.20. The third kappa shape index (κ3) is 6.38. The minimum atomic E-state index is -0.593. The standard InChI is InChI=1S/C21H24ClIN2O3/c1-3-19(21(27)24-4-2)25(13-15-7-5-6-8-18(15)22)20(26)14-28-17-11-9-16(23)10-12-17/h5-12,19H,3-4,13-14H2,1-2H3,(H,24,27)/t19-/m1/s1. The van der Waals surface area contributed by atoms with Crippen molar-refractivity contribution >= 4 is 46.0 Å². The van der Waals surface area contributed by atoms with Gasteiger partial charge < -0.3 is 15.0 Å². The van der Waals surface area contributed by atoms with Crippen molar-refractivity contribution in [1.29, 1.82) is 0 Å². The molecular weight excluding hydrogens is 491 g/mol. The average Bonchev–Trinajstić information content (AvgIpc) is 2.69. The van der Waals surface area contributed by atoms with Crippen LogP contribution in [0.2, 0.25) is 5.02 Å². The molecule has 2 rings (SSSR count). The molecule has 0 heterocycles. The van der Waals surface area contributed by atoms with E-state index in [0.29, 0.717) is 23.7 Å². The van der Waals surface area contributed by atoms with Crippen molar-refractivity contribution in [3.63, 3.8) is 0 Å². The number of ether oxygens (including phenoxy) is 1. The third-order valence-corrected chi connectivity index (χ3v) is 5.30. The molecule has 0 radical (unpaired) electrons. The molecule has 1 N–H and O–H groups in total. The molecule has 0 aliphatic heterocycles. The van der Waals surface area contributed by atoms with Crippen molar-refractivity contribution in [3.8, 4) is 5.75 Å². The summed E-state index contributed by atoms with van der Waals surface area (Å²) in [5.41, 5.74) is 0.787. The van der Waals surface area contributed by atoms with Gasteiger partial charge in [0.25, 0.3) is 5.91 Å². The molecule has 150 valence electrons. The number of nitrogens with one attached hydrogen (secondary N) is 1. The predicted molar refractivity (Wildman–Crippen MR) is 119 cm³/mol. The molecule has 2 amide bonds. The SMILES string of the molecule is CCNC(=O)[C@@H](CC)N(Cc1ccccc1Cl)C(=O)COc1ccc(I)cc1. The Hall–Kier alpha value is -1.80. The monoisotopic (exact) mass is 514 g/mol. The van der Waals surface area contributed by atoms with E-state index in [0.717, 1.165) is 9.13 Å². The van der Waals surface area contributed by atoms with Gasteiger partial charge in [0.05, 0.1) is 0 Å². The van der Waals surface area contributed by atoms with Gasteiger partial charge in [-0.15, -0.1) is 0 Å². The number of nitrogens with zero attached hydrogens (tertiary/aromatic N) is 1. The fourth-order valence-electron chi connectivity index (χ4n) is 2.78. The van der Waals surface area contributed by atoms with Crippen LogP contribution in [0.3, 0.4) is 0 Å². The maximum absolute atomic E-state index is 13.0. The van der Waals surface area contributed by atoms with Crippen LogP contribution in [0.1, 0.15) is 25.8 Å². The van der Waals surface area contributed by atoms with Gasteiger partial charge in [-0.05, 0) is 71.8 Å². The lowest BCUT2D eigenvalue weighted by atomic mass is 10.1. The quantitative estimate of drug-likeness (QED) is 0.509. The summed E-state index contributed by atoms with van der Waals surface area (Å²) in [6.07, 6.45) is 0.492. The lowest BCUT2D eigenvalue weighted by Gasteiger charge is -2.30. The number of hydrogen-bond donors (Lipinski definition) is 1. The lowest BCUT2D eigenvalue weighted by molar-refractivity contribution is -0.142. The maximum Gasteiger partial charge on any atom is 0.261 e. The zero-order valence-electron chi connectivity index (χ0n) is 16.0. The van der Waals surface area contributed by atoms with Crippen LogP contribution in [0.15, 0.2) is 48.5 Å². The van der Waals surface area contributed by atoms with Gasteiger partial charge in [0, 0.05) is 21.7 Å². The van der Waals surface area contributed by atoms with E-state index in [1.54, 1.807) is 11.0 Å². The Morgan fingerprint density at radius 2 is 1.82 bits per heavy atom. The van der Waals surface area contributed by atoms with Crippen LogP contribution in [0, 0.1) is 3.57 Å². The van der Waals surface area contributed by atoms with E-state index in [-0.39, 0.29) is 25.0 Å². The lowest BCUT2D eigenvalue weighted by Crippen LogP contribution is -2.50. The summed E-state index contributed by atoms with van der Waals surface area (Å²) in [6.45, 7) is 4.32. The van der Waals surface area contributed by atoms with Crippen LogP contribution in [0.5, 0.6) is 5.75 Å². The fraction of sp³-hybridized carbons (Fsp3) is 0.333. The molecule has 0 fully saturated rings. The Bertz CT molecular complexity index is 798. The molecule has 0 aromatic heterocycles. The first kappa shape index (κ1) is 22.5. The molecular formula is C21H24ClIN2O3. The second kappa shape index (κ2) is 11.3. The molecule has 28 heavy (non-hydrogen) atoms. The highest BCUT2D eigenvalue weighted by Gasteiger charge is 2.29. The summed E-state index contributed by atoms with van der Waals surface area (Å²) in [7, 11) is 0. The smallest absolute Gasteiger partial charge is 0.261 e. The van der Waals surface area contributed by atoms with Crippen molar-refractivity contribution in [2.45, 2.75) is 32.9 Å². The molecule has 0 saturated carbocycles. The van der Waals surface area contributed by atoms with Crippen LogP contribution in [-0.4, -0.2) is 35.9 Å². The van der Waals surface area contributed by atoms with Crippen LogP contribution >= 0.6 is 34.2 Å². The fourth-order valence-corrected chi connectivity index (χ4v) is 3.34. The second-order valence-electron chi connectivity index (χ2n) is 6.17. The summed E-state index contributed by atoms with van der Waals surface area (Å²) in [5, 5.41) is 3.36. The van der Waals surface area contributed by atoms with Crippen molar-refractivity contribution in [1.82, 2.24) is 10.2 Å². The summed E-state index contributed by atoms with van der Waals surface area (Å²) < 4.78 is 6.73. The highest BCUT2D eigenvalue weighted by molar-refractivity contribution is 14.1. The van der Waals surface area contributed by atoms with E-state index in [1.807, 2.05) is 56.3 Å². The first-order chi connectivity index (χ1) is 13.5. The van der Waals surface area contributed by atoms with Gasteiger partial charge in [-0.1, -0.05) is 36.7 Å². The Morgan fingerprint density at radius 3 is 2.43 bits per heavy atom. The predicted octanol–water partition coefficient (Wildman–Crippen LogP) is 4.27. The Morgan fingerprint density at radius 1 is 1.14 bits per heavy atom. The molecule has 2 aromatic carbocycles. The number of rotatable bonds is 9. The van der Waals surface area contributed by atoms with Crippen LogP contribution in [-0.2, 0) is 16.1 Å². The van der Waals surface area contributed by atoms with E-state index in [1.165, 1.54) is 0 Å². The molecule has 0 unspecified atom stereocenters. The third-order valence-electron chi connectivity index (χ3n) is 4.21. The van der Waals surface area contributed by atoms with E-state index in [2.05, 4.69) is 27.9 Å². The first-order valence-electron chi connectivity index (χ1n) is 9.15. The summed E-state index contributed by atoms with van der Waals surface area (Å²) in [5.74, 6) is 0.161. The van der Waals surface area contributed by atoms with Gasteiger partial charge in [-0.2, -0.15) is 0 Å². The van der Waals surface area contributed by atoms with Crippen LogP contribution < -0.4 is 10.1 Å². The van der Waals surface area contributed by atoms with Gasteiger partial charge in [-0.3, -0.25) is 9.59 Å². The number of likely N-dealkylation sites (N-methyl/N-ethyl adjacent to an activating group) is 1. The Kier molecular flexibility index (Phi) is 9.05. The second-order valence-corrected chi connectivity index (χ2v) is 7.83. The van der Waals surface area contributed by atoms with E-state index in [9.17, 15) is 9.59 Å². The van der Waals surface area contributed by atoms with Crippen molar-refractivity contribution < 1.29 is 14.3 Å². The van der Waals surface area contributed by atoms with Crippen molar-refractivity contribution in [2.24, 2.45) is 0 Å². The highest BCUT2D eigenvalue weighted by Crippen LogP contribution is 2.20. The van der Waals surface area contributed by atoms with Gasteiger partial charge in [-0.25, -0.2) is 0 Å². The number of carbonyl (C=O) groups is 2. The van der Waals surface area contributed by atoms with Crippen molar-refractivity contribution in [3.05, 3.63) is 62.7 Å². The molecule has 0 aliphatic carbocycles. The van der Waals surface area contributed by atoms with Gasteiger partial charge in [0.2, 0.25) is 5.91 Å². The number of amides is 2. The highest BCUT2D eigenvalue weighted by atomic mass is 127. The Labute approximate surface area is 184 Å². The molecule has 2 aromatic rings. The van der Waals surface area contributed by atoms with Crippen LogP contribution in [0.25, 0.3) is 0 Å². The van der Waals surface area contributed by atoms with Gasteiger partial charge in [0.15, 0.2) is 6.61 Å².